The smallest absolute Gasteiger partial charge is 0.104 e. The third kappa shape index (κ3) is 2.05. The first-order valence-corrected chi connectivity index (χ1v) is 6.04. The van der Waals surface area contributed by atoms with Gasteiger partial charge in [-0.3, -0.25) is 0 Å². The van der Waals surface area contributed by atoms with Crippen LogP contribution in [0.2, 0.25) is 0 Å². The third-order valence-corrected chi connectivity index (χ3v) is 4.10. The van der Waals surface area contributed by atoms with E-state index in [1.165, 1.54) is 25.7 Å². The van der Waals surface area contributed by atoms with Crippen molar-refractivity contribution >= 4 is 0 Å². The molecule has 1 N–H and O–H groups in total. The standard InChI is InChI=1S/C12H23NO2/c1-10(14-3)11(2)8-13-9-12(15-11)6-4-5-7-12/h10,13H,4-9H2,1-3H3. The summed E-state index contributed by atoms with van der Waals surface area (Å²) in [6, 6.07) is 0. The van der Waals surface area contributed by atoms with Crippen LogP contribution in [0, 0.1) is 0 Å². The van der Waals surface area contributed by atoms with Crippen molar-refractivity contribution in [3.05, 3.63) is 0 Å². The van der Waals surface area contributed by atoms with E-state index in [0.29, 0.717) is 0 Å². The Balaban J connectivity index is 2.08. The predicted octanol–water partition coefficient (Wildman–Crippen LogP) is 1.71. The van der Waals surface area contributed by atoms with Crippen LogP contribution in [0.15, 0.2) is 0 Å². The third-order valence-electron chi connectivity index (χ3n) is 4.10. The van der Waals surface area contributed by atoms with Gasteiger partial charge in [-0.05, 0) is 26.7 Å². The molecule has 0 amide bonds. The van der Waals surface area contributed by atoms with Crippen molar-refractivity contribution in [1.82, 2.24) is 5.32 Å². The largest absolute Gasteiger partial charge is 0.379 e. The van der Waals surface area contributed by atoms with E-state index in [0.717, 1.165) is 13.1 Å². The summed E-state index contributed by atoms with van der Waals surface area (Å²) in [5.41, 5.74) is -0.0723. The quantitative estimate of drug-likeness (QED) is 0.757. The van der Waals surface area contributed by atoms with E-state index >= 15 is 0 Å². The highest BCUT2D eigenvalue weighted by Gasteiger charge is 2.47. The van der Waals surface area contributed by atoms with Crippen molar-refractivity contribution in [3.63, 3.8) is 0 Å². The lowest BCUT2D eigenvalue weighted by atomic mass is 9.91. The molecule has 1 spiro atoms. The molecule has 1 saturated carbocycles. The molecular weight excluding hydrogens is 190 g/mol. The summed E-state index contributed by atoms with van der Waals surface area (Å²) in [7, 11) is 1.76. The van der Waals surface area contributed by atoms with Crippen LogP contribution in [-0.2, 0) is 9.47 Å². The lowest BCUT2D eigenvalue weighted by Crippen LogP contribution is -2.62. The lowest BCUT2D eigenvalue weighted by molar-refractivity contribution is -0.209. The van der Waals surface area contributed by atoms with E-state index in [1.54, 1.807) is 7.11 Å². The van der Waals surface area contributed by atoms with Gasteiger partial charge < -0.3 is 14.8 Å². The van der Waals surface area contributed by atoms with E-state index < -0.39 is 0 Å². The van der Waals surface area contributed by atoms with Crippen molar-refractivity contribution in [1.29, 1.82) is 0 Å². The number of rotatable bonds is 2. The van der Waals surface area contributed by atoms with E-state index in [2.05, 4.69) is 19.2 Å². The monoisotopic (exact) mass is 213 g/mol. The number of ether oxygens (including phenoxy) is 2. The fourth-order valence-electron chi connectivity index (χ4n) is 2.88. The maximum atomic E-state index is 6.39. The van der Waals surface area contributed by atoms with Crippen molar-refractivity contribution in [2.24, 2.45) is 0 Å². The lowest BCUT2D eigenvalue weighted by Gasteiger charge is -2.47. The molecule has 0 radical (unpaired) electrons. The number of morpholine rings is 1. The van der Waals surface area contributed by atoms with Crippen LogP contribution in [0.25, 0.3) is 0 Å². The molecule has 2 fully saturated rings. The summed E-state index contributed by atoms with van der Waals surface area (Å²) < 4.78 is 11.8. The first kappa shape index (κ1) is 11.4. The molecule has 0 aromatic heterocycles. The SMILES string of the molecule is COC(C)C1(C)CNCC2(CCCC2)O1. The zero-order chi connectivity index (χ0) is 10.9. The molecule has 0 bridgehead atoms. The minimum absolute atomic E-state index is 0.0970. The van der Waals surface area contributed by atoms with Gasteiger partial charge in [0.15, 0.2) is 0 Å². The Kier molecular flexibility index (Phi) is 3.06. The number of nitrogens with one attached hydrogen (secondary N) is 1. The van der Waals surface area contributed by atoms with Crippen LogP contribution < -0.4 is 5.32 Å². The van der Waals surface area contributed by atoms with Crippen molar-refractivity contribution < 1.29 is 9.47 Å². The maximum absolute atomic E-state index is 6.39. The van der Waals surface area contributed by atoms with Crippen molar-refractivity contribution in [3.8, 4) is 0 Å². The summed E-state index contributed by atoms with van der Waals surface area (Å²) >= 11 is 0. The zero-order valence-corrected chi connectivity index (χ0v) is 10.1. The molecule has 2 aliphatic rings. The van der Waals surface area contributed by atoms with Crippen molar-refractivity contribution in [2.45, 2.75) is 56.8 Å². The Hall–Kier alpha value is -0.120. The van der Waals surface area contributed by atoms with Gasteiger partial charge in [0.25, 0.3) is 0 Å². The normalized spacial score (nSPS) is 37.0. The second kappa shape index (κ2) is 4.04. The first-order chi connectivity index (χ1) is 7.10. The zero-order valence-electron chi connectivity index (χ0n) is 10.1. The van der Waals surface area contributed by atoms with Crippen LogP contribution in [0.5, 0.6) is 0 Å². The Labute approximate surface area is 92.5 Å². The molecular formula is C12H23NO2. The van der Waals surface area contributed by atoms with Crippen LogP contribution >= 0.6 is 0 Å². The van der Waals surface area contributed by atoms with Gasteiger partial charge in [0.1, 0.15) is 5.60 Å². The maximum Gasteiger partial charge on any atom is 0.104 e. The van der Waals surface area contributed by atoms with Gasteiger partial charge in [-0.1, -0.05) is 12.8 Å². The molecule has 2 atom stereocenters. The summed E-state index contributed by atoms with van der Waals surface area (Å²) in [5.74, 6) is 0. The fraction of sp³-hybridized carbons (Fsp3) is 1.00. The highest BCUT2D eigenvalue weighted by Crippen LogP contribution is 2.39. The Morgan fingerprint density at radius 2 is 1.93 bits per heavy atom. The van der Waals surface area contributed by atoms with Gasteiger partial charge in [-0.15, -0.1) is 0 Å². The Morgan fingerprint density at radius 1 is 1.27 bits per heavy atom. The van der Waals surface area contributed by atoms with Crippen LogP contribution in [-0.4, -0.2) is 37.5 Å². The van der Waals surface area contributed by atoms with Gasteiger partial charge in [-0.25, -0.2) is 0 Å². The van der Waals surface area contributed by atoms with Gasteiger partial charge >= 0.3 is 0 Å². The molecule has 1 aliphatic carbocycles. The minimum atomic E-state index is -0.169. The molecule has 2 rings (SSSR count). The number of hydrogen-bond acceptors (Lipinski definition) is 3. The summed E-state index contributed by atoms with van der Waals surface area (Å²) in [6.45, 7) is 6.16. The second-order valence-electron chi connectivity index (χ2n) is 5.29. The second-order valence-corrected chi connectivity index (χ2v) is 5.29. The average Bonchev–Trinajstić information content (AvgIpc) is 2.64. The van der Waals surface area contributed by atoms with Crippen LogP contribution in [0.3, 0.4) is 0 Å². The van der Waals surface area contributed by atoms with Gasteiger partial charge in [-0.2, -0.15) is 0 Å². The summed E-state index contributed by atoms with van der Waals surface area (Å²) in [5, 5.41) is 3.52. The molecule has 88 valence electrons. The van der Waals surface area contributed by atoms with E-state index in [4.69, 9.17) is 9.47 Å². The molecule has 1 aliphatic heterocycles. The topological polar surface area (TPSA) is 30.5 Å². The Bertz CT molecular complexity index is 226. The minimum Gasteiger partial charge on any atom is -0.379 e. The molecule has 0 aromatic rings. The Morgan fingerprint density at radius 3 is 2.53 bits per heavy atom. The van der Waals surface area contributed by atoms with Crippen molar-refractivity contribution in [2.75, 3.05) is 20.2 Å². The molecule has 3 nitrogen and oxygen atoms in total. The van der Waals surface area contributed by atoms with Crippen LogP contribution in [0.1, 0.15) is 39.5 Å². The van der Waals surface area contributed by atoms with E-state index in [-0.39, 0.29) is 17.3 Å². The fourth-order valence-corrected chi connectivity index (χ4v) is 2.88. The van der Waals surface area contributed by atoms with E-state index in [9.17, 15) is 0 Å². The van der Waals surface area contributed by atoms with Gasteiger partial charge in [0.2, 0.25) is 0 Å². The molecule has 0 aromatic carbocycles. The number of hydrogen-bond donors (Lipinski definition) is 1. The molecule has 1 heterocycles. The van der Waals surface area contributed by atoms with E-state index in [1.807, 2.05) is 0 Å². The van der Waals surface area contributed by atoms with Crippen LogP contribution in [0.4, 0.5) is 0 Å². The number of methoxy groups -OCH3 is 1. The molecule has 15 heavy (non-hydrogen) atoms. The van der Waals surface area contributed by atoms with Gasteiger partial charge in [0.05, 0.1) is 11.7 Å². The van der Waals surface area contributed by atoms with Gasteiger partial charge in [0, 0.05) is 20.2 Å². The molecule has 1 saturated heterocycles. The molecule has 2 unspecified atom stereocenters. The highest BCUT2D eigenvalue weighted by molar-refractivity contribution is 4.99. The summed E-state index contributed by atoms with van der Waals surface area (Å²) in [4.78, 5) is 0. The molecule has 3 heteroatoms. The summed E-state index contributed by atoms with van der Waals surface area (Å²) in [6.07, 6.45) is 5.15. The predicted molar refractivity (Wildman–Crippen MR) is 60.0 cm³/mol. The highest BCUT2D eigenvalue weighted by atomic mass is 16.6. The average molecular weight is 213 g/mol. The first-order valence-electron chi connectivity index (χ1n) is 6.04.